The summed E-state index contributed by atoms with van der Waals surface area (Å²) in [5, 5.41) is 31.1. The van der Waals surface area contributed by atoms with Crippen LogP contribution in [0.15, 0.2) is 47.4 Å². The number of fused-ring (bicyclic) bond motifs is 1. The van der Waals surface area contributed by atoms with E-state index in [9.17, 15) is 33.3 Å². The maximum atomic E-state index is 14.0. The molecule has 0 fully saturated rings. The number of aliphatic carboxylic acids is 2. The number of aliphatic hydroxyl groups is 1. The third kappa shape index (κ3) is 6.96. The van der Waals surface area contributed by atoms with Crippen molar-refractivity contribution >= 4 is 33.2 Å². The van der Waals surface area contributed by atoms with Gasteiger partial charge in [-0.2, -0.15) is 0 Å². The Morgan fingerprint density at radius 3 is 2.05 bits per heavy atom. The van der Waals surface area contributed by atoms with Crippen molar-refractivity contribution in [2.45, 2.75) is 69.3 Å². The second-order valence-electron chi connectivity index (χ2n) is 11.1. The van der Waals surface area contributed by atoms with Crippen molar-refractivity contribution in [1.82, 2.24) is 0 Å². The summed E-state index contributed by atoms with van der Waals surface area (Å²) < 4.78 is 28.0. The number of benzene rings is 2. The summed E-state index contributed by atoms with van der Waals surface area (Å²) in [6, 6.07) is 12.0. The summed E-state index contributed by atoms with van der Waals surface area (Å²) in [4.78, 5) is 26.4. The number of unbranched alkanes of at least 4 members (excludes halogenated alkanes) is 2. The van der Waals surface area contributed by atoms with E-state index in [1.165, 1.54) is 4.90 Å². The van der Waals surface area contributed by atoms with Crippen molar-refractivity contribution < 1.29 is 33.3 Å². The highest BCUT2D eigenvalue weighted by atomic mass is 32.2. The molecule has 10 heteroatoms. The van der Waals surface area contributed by atoms with Crippen LogP contribution in [-0.4, -0.2) is 74.7 Å². The molecule has 2 aromatic rings. The molecule has 3 N–H and O–H groups in total. The fraction of sp³-hybridized carbons (Fsp3) is 0.533. The molecule has 9 nitrogen and oxygen atoms in total. The number of rotatable bonds is 13. The highest BCUT2D eigenvalue weighted by molar-refractivity contribution is 7.91. The summed E-state index contributed by atoms with van der Waals surface area (Å²) in [5.74, 6) is -3.23. The van der Waals surface area contributed by atoms with Gasteiger partial charge in [-0.25, -0.2) is 8.42 Å². The summed E-state index contributed by atoms with van der Waals surface area (Å²) in [6.07, 6.45) is 3.33. The molecule has 0 radical (unpaired) electrons. The van der Waals surface area contributed by atoms with E-state index in [2.05, 4.69) is 0 Å². The van der Waals surface area contributed by atoms with Gasteiger partial charge in [0, 0.05) is 36.8 Å². The minimum atomic E-state index is -3.77. The molecule has 2 atom stereocenters. The molecule has 3 rings (SSSR count). The van der Waals surface area contributed by atoms with Crippen LogP contribution in [-0.2, 0) is 19.4 Å². The summed E-state index contributed by atoms with van der Waals surface area (Å²) in [6.45, 7) is 3.05. The molecule has 40 heavy (non-hydrogen) atoms. The monoisotopic (exact) mass is 574 g/mol. The van der Waals surface area contributed by atoms with E-state index in [-0.39, 0.29) is 10.6 Å². The molecule has 220 valence electrons. The van der Waals surface area contributed by atoms with Gasteiger partial charge in [0.15, 0.2) is 9.84 Å². The number of sulfone groups is 1. The Morgan fingerprint density at radius 2 is 1.52 bits per heavy atom. The van der Waals surface area contributed by atoms with Gasteiger partial charge in [-0.1, -0.05) is 51.7 Å². The van der Waals surface area contributed by atoms with Crippen molar-refractivity contribution in [3.05, 3.63) is 53.6 Å². The SMILES string of the molecule is CCCCC1(CCCC)CS(=O)(=O)c2ccc(N(C)C)cc2[C@@H](c2cccc(N(CC(=O)O)CC(=O)O)c2)[C@H]1O. The lowest BCUT2D eigenvalue weighted by molar-refractivity contribution is -0.136. The number of hydrogen-bond donors (Lipinski definition) is 3. The molecular weight excluding hydrogens is 532 g/mol. The van der Waals surface area contributed by atoms with Gasteiger partial charge in [-0.15, -0.1) is 0 Å². The zero-order valence-electron chi connectivity index (χ0n) is 23.8. The van der Waals surface area contributed by atoms with E-state index < -0.39 is 52.3 Å². The molecule has 2 aromatic carbocycles. The Labute approximate surface area is 237 Å². The molecule has 0 spiro atoms. The van der Waals surface area contributed by atoms with Crippen LogP contribution in [0.2, 0.25) is 0 Å². The van der Waals surface area contributed by atoms with E-state index in [0.717, 1.165) is 31.4 Å². The van der Waals surface area contributed by atoms with Crippen LogP contribution in [0, 0.1) is 5.41 Å². The highest BCUT2D eigenvalue weighted by Crippen LogP contribution is 2.50. The number of nitrogens with zero attached hydrogens (tertiary/aromatic N) is 2. The number of anilines is 2. The topological polar surface area (TPSA) is 135 Å². The molecule has 1 aliphatic heterocycles. The molecule has 1 aliphatic rings. The molecule has 0 saturated carbocycles. The van der Waals surface area contributed by atoms with E-state index in [1.807, 2.05) is 38.9 Å². The van der Waals surface area contributed by atoms with Crippen LogP contribution < -0.4 is 9.80 Å². The van der Waals surface area contributed by atoms with Gasteiger partial charge < -0.3 is 25.1 Å². The molecule has 0 aliphatic carbocycles. The Hall–Kier alpha value is -3.11. The maximum Gasteiger partial charge on any atom is 0.323 e. The first-order valence-electron chi connectivity index (χ1n) is 13.9. The van der Waals surface area contributed by atoms with E-state index in [1.54, 1.807) is 36.4 Å². The van der Waals surface area contributed by atoms with Gasteiger partial charge in [-0.05, 0) is 54.3 Å². The third-order valence-electron chi connectivity index (χ3n) is 7.90. The normalized spacial score (nSPS) is 19.3. The lowest BCUT2D eigenvalue weighted by Gasteiger charge is -2.40. The predicted octanol–water partition coefficient (Wildman–Crippen LogP) is 4.38. The summed E-state index contributed by atoms with van der Waals surface area (Å²) >= 11 is 0. The molecule has 0 aromatic heterocycles. The van der Waals surface area contributed by atoms with Gasteiger partial charge in [-0.3, -0.25) is 9.59 Å². The quantitative estimate of drug-likeness (QED) is 0.319. The smallest absolute Gasteiger partial charge is 0.323 e. The third-order valence-corrected chi connectivity index (χ3v) is 9.90. The van der Waals surface area contributed by atoms with Crippen LogP contribution in [0.1, 0.15) is 69.4 Å². The van der Waals surface area contributed by atoms with Gasteiger partial charge in [0.1, 0.15) is 13.1 Å². The number of aliphatic hydroxyl groups excluding tert-OH is 1. The van der Waals surface area contributed by atoms with Crippen molar-refractivity contribution in [2.75, 3.05) is 42.7 Å². The first-order chi connectivity index (χ1) is 18.8. The lowest BCUT2D eigenvalue weighted by atomic mass is 9.68. The molecule has 0 saturated heterocycles. The van der Waals surface area contributed by atoms with Crippen molar-refractivity contribution in [3.63, 3.8) is 0 Å². The van der Waals surface area contributed by atoms with Crippen molar-refractivity contribution in [2.24, 2.45) is 5.41 Å². The average Bonchev–Trinajstić information content (AvgIpc) is 2.96. The second-order valence-corrected chi connectivity index (χ2v) is 13.1. The fourth-order valence-corrected chi connectivity index (χ4v) is 8.06. The van der Waals surface area contributed by atoms with Crippen LogP contribution in [0.25, 0.3) is 0 Å². The van der Waals surface area contributed by atoms with E-state index >= 15 is 0 Å². The zero-order chi connectivity index (χ0) is 29.7. The average molecular weight is 575 g/mol. The Kier molecular flexibility index (Phi) is 10.2. The number of carboxylic acid groups (broad SMARTS) is 2. The molecular formula is C30H42N2O7S. The van der Waals surface area contributed by atoms with Crippen LogP contribution in [0.3, 0.4) is 0 Å². The Balaban J connectivity index is 2.31. The van der Waals surface area contributed by atoms with Gasteiger partial charge in [0.25, 0.3) is 0 Å². The van der Waals surface area contributed by atoms with Gasteiger partial charge >= 0.3 is 11.9 Å². The summed E-state index contributed by atoms with van der Waals surface area (Å²) in [5.41, 5.74) is 1.38. The molecule has 0 unspecified atom stereocenters. The number of carbonyl (C=O) groups is 2. The molecule has 1 heterocycles. The van der Waals surface area contributed by atoms with Gasteiger partial charge in [0.05, 0.1) is 16.8 Å². The van der Waals surface area contributed by atoms with Crippen LogP contribution in [0.5, 0.6) is 0 Å². The first-order valence-corrected chi connectivity index (χ1v) is 15.5. The van der Waals surface area contributed by atoms with Gasteiger partial charge in [0.2, 0.25) is 0 Å². The summed E-state index contributed by atoms with van der Waals surface area (Å²) in [7, 11) is -0.0407. The molecule has 0 amide bonds. The standard InChI is InChI=1S/C30H42N2O7S/c1-5-7-14-30(15-8-6-2)20-40(38,39)25-13-12-22(31(3)4)17-24(25)28(29(30)37)21-10-9-11-23(16-21)32(18-26(33)34)19-27(35)36/h9-13,16-17,28-29,37H,5-8,14-15,18-20H2,1-4H3,(H,33,34)(H,35,36)/t28-,29-/m1/s1. The zero-order valence-corrected chi connectivity index (χ0v) is 24.7. The predicted molar refractivity (Wildman–Crippen MR) is 156 cm³/mol. The van der Waals surface area contributed by atoms with E-state index in [0.29, 0.717) is 29.7 Å². The largest absolute Gasteiger partial charge is 0.480 e. The lowest BCUT2D eigenvalue weighted by Crippen LogP contribution is -2.43. The van der Waals surface area contributed by atoms with Crippen molar-refractivity contribution in [3.8, 4) is 0 Å². The maximum absolute atomic E-state index is 14.0. The van der Waals surface area contributed by atoms with Crippen molar-refractivity contribution in [1.29, 1.82) is 0 Å². The molecule has 0 bridgehead atoms. The Bertz CT molecular complexity index is 1280. The number of carboxylic acids is 2. The second kappa shape index (κ2) is 13.0. The fourth-order valence-electron chi connectivity index (χ4n) is 5.87. The van der Waals surface area contributed by atoms with Crippen LogP contribution >= 0.6 is 0 Å². The highest BCUT2D eigenvalue weighted by Gasteiger charge is 2.49. The minimum Gasteiger partial charge on any atom is -0.480 e. The van der Waals surface area contributed by atoms with E-state index in [4.69, 9.17) is 0 Å². The first kappa shape index (κ1) is 31.4. The Morgan fingerprint density at radius 1 is 0.925 bits per heavy atom. The minimum absolute atomic E-state index is 0.157. The van der Waals surface area contributed by atoms with Crippen LogP contribution in [0.4, 0.5) is 11.4 Å². The number of hydrogen-bond acceptors (Lipinski definition) is 7.